The molecule has 0 spiro atoms. The van der Waals surface area contributed by atoms with Gasteiger partial charge in [-0.15, -0.1) is 12.4 Å². The Hall–Kier alpha value is -0.880. The van der Waals surface area contributed by atoms with Gasteiger partial charge in [0.1, 0.15) is 11.6 Å². The van der Waals surface area contributed by atoms with Crippen molar-refractivity contribution in [1.29, 1.82) is 0 Å². The predicted molar refractivity (Wildman–Crippen MR) is 55.8 cm³/mol. The standard InChI is InChI=1S/C10H10F5N.ClH/c11-6-1-2-8(12)7(5-6)9(16)3-4-10(13,14)15;/h1-2,5,9H,3-4,16H2;1H/t9-;/m1./s1. The summed E-state index contributed by atoms with van der Waals surface area (Å²) < 4.78 is 61.5. The first-order valence-corrected chi connectivity index (χ1v) is 4.57. The normalized spacial score (nSPS) is 13.1. The smallest absolute Gasteiger partial charge is 0.324 e. The fraction of sp³-hybridized carbons (Fsp3) is 0.400. The molecule has 7 heteroatoms. The summed E-state index contributed by atoms with van der Waals surface area (Å²) in [6.45, 7) is 0. The third-order valence-electron chi connectivity index (χ3n) is 2.10. The molecule has 0 aliphatic carbocycles. The summed E-state index contributed by atoms with van der Waals surface area (Å²) in [4.78, 5) is 0. The second-order valence-electron chi connectivity index (χ2n) is 3.43. The highest BCUT2D eigenvalue weighted by Crippen LogP contribution is 2.27. The zero-order valence-electron chi connectivity index (χ0n) is 8.60. The van der Waals surface area contributed by atoms with Crippen molar-refractivity contribution < 1.29 is 22.0 Å². The summed E-state index contributed by atoms with van der Waals surface area (Å²) >= 11 is 0. The topological polar surface area (TPSA) is 26.0 Å². The van der Waals surface area contributed by atoms with Crippen LogP contribution < -0.4 is 5.73 Å². The van der Waals surface area contributed by atoms with E-state index < -0.39 is 36.7 Å². The van der Waals surface area contributed by atoms with Gasteiger partial charge in [-0.05, 0) is 24.6 Å². The summed E-state index contributed by atoms with van der Waals surface area (Å²) in [5.41, 5.74) is 5.13. The molecule has 1 aromatic rings. The van der Waals surface area contributed by atoms with Crippen molar-refractivity contribution in [1.82, 2.24) is 0 Å². The van der Waals surface area contributed by atoms with Gasteiger partial charge in [0.2, 0.25) is 0 Å². The fourth-order valence-corrected chi connectivity index (χ4v) is 1.27. The molecule has 0 bridgehead atoms. The average Bonchev–Trinajstić information content (AvgIpc) is 2.17. The first-order chi connectivity index (χ1) is 7.29. The maximum atomic E-state index is 13.1. The number of benzene rings is 1. The van der Waals surface area contributed by atoms with Crippen molar-refractivity contribution >= 4 is 12.4 Å². The van der Waals surface area contributed by atoms with Crippen molar-refractivity contribution in [2.45, 2.75) is 25.1 Å². The summed E-state index contributed by atoms with van der Waals surface area (Å²) in [6, 6.07) is 1.39. The summed E-state index contributed by atoms with van der Waals surface area (Å²) in [6.07, 6.45) is -5.94. The Morgan fingerprint density at radius 3 is 2.29 bits per heavy atom. The van der Waals surface area contributed by atoms with Crippen molar-refractivity contribution in [2.24, 2.45) is 5.73 Å². The average molecular weight is 276 g/mol. The van der Waals surface area contributed by atoms with Crippen LogP contribution in [0.25, 0.3) is 0 Å². The van der Waals surface area contributed by atoms with Crippen LogP contribution in [0.1, 0.15) is 24.4 Å². The summed E-state index contributed by atoms with van der Waals surface area (Å²) in [5.74, 6) is -1.52. The van der Waals surface area contributed by atoms with Crippen LogP contribution in [-0.2, 0) is 0 Å². The Balaban J connectivity index is 0.00000256. The summed E-state index contributed by atoms with van der Waals surface area (Å²) in [7, 11) is 0. The van der Waals surface area contributed by atoms with Gasteiger partial charge in [-0.2, -0.15) is 13.2 Å². The van der Waals surface area contributed by atoms with Crippen LogP contribution in [-0.4, -0.2) is 6.18 Å². The van der Waals surface area contributed by atoms with E-state index in [0.717, 1.165) is 18.2 Å². The highest BCUT2D eigenvalue weighted by molar-refractivity contribution is 5.85. The Morgan fingerprint density at radius 2 is 1.76 bits per heavy atom. The molecule has 0 aliphatic rings. The quantitative estimate of drug-likeness (QED) is 0.836. The molecular weight excluding hydrogens is 265 g/mol. The van der Waals surface area contributed by atoms with E-state index >= 15 is 0 Å². The molecule has 0 heterocycles. The van der Waals surface area contributed by atoms with Gasteiger partial charge in [0, 0.05) is 18.0 Å². The molecule has 0 unspecified atom stereocenters. The molecule has 1 nitrogen and oxygen atoms in total. The first-order valence-electron chi connectivity index (χ1n) is 4.57. The second-order valence-corrected chi connectivity index (χ2v) is 3.43. The van der Waals surface area contributed by atoms with Gasteiger partial charge < -0.3 is 5.73 Å². The van der Waals surface area contributed by atoms with E-state index in [-0.39, 0.29) is 18.0 Å². The van der Waals surface area contributed by atoms with E-state index in [1.54, 1.807) is 0 Å². The molecule has 0 fully saturated rings. The number of hydrogen-bond donors (Lipinski definition) is 1. The van der Waals surface area contributed by atoms with Crippen molar-refractivity contribution in [2.75, 3.05) is 0 Å². The maximum Gasteiger partial charge on any atom is 0.389 e. The van der Waals surface area contributed by atoms with Crippen molar-refractivity contribution in [3.63, 3.8) is 0 Å². The number of rotatable bonds is 3. The monoisotopic (exact) mass is 275 g/mol. The molecular formula is C10H11ClF5N. The van der Waals surface area contributed by atoms with Gasteiger partial charge in [0.15, 0.2) is 0 Å². The zero-order chi connectivity index (χ0) is 12.3. The third-order valence-corrected chi connectivity index (χ3v) is 2.10. The van der Waals surface area contributed by atoms with Crippen LogP contribution in [0, 0.1) is 11.6 Å². The van der Waals surface area contributed by atoms with Gasteiger partial charge in [0.25, 0.3) is 0 Å². The Labute approximate surface area is 101 Å². The maximum absolute atomic E-state index is 13.1. The van der Waals surface area contributed by atoms with E-state index in [0.29, 0.717) is 0 Å². The molecule has 2 N–H and O–H groups in total. The van der Waals surface area contributed by atoms with Crippen LogP contribution in [0.4, 0.5) is 22.0 Å². The van der Waals surface area contributed by atoms with Crippen LogP contribution in [0.2, 0.25) is 0 Å². The molecule has 98 valence electrons. The minimum atomic E-state index is -4.35. The molecule has 1 atom stereocenters. The molecule has 1 rings (SSSR count). The lowest BCUT2D eigenvalue weighted by molar-refractivity contribution is -0.136. The molecule has 0 radical (unpaired) electrons. The predicted octanol–water partition coefficient (Wildman–Crippen LogP) is 3.73. The highest BCUT2D eigenvalue weighted by atomic mass is 35.5. The van der Waals surface area contributed by atoms with Crippen molar-refractivity contribution in [3.05, 3.63) is 35.4 Å². The van der Waals surface area contributed by atoms with Gasteiger partial charge in [-0.3, -0.25) is 0 Å². The summed E-state index contributed by atoms with van der Waals surface area (Å²) in [5, 5.41) is 0. The van der Waals surface area contributed by atoms with E-state index in [1.807, 2.05) is 0 Å². The molecule has 0 aromatic heterocycles. The molecule has 0 aliphatic heterocycles. The third kappa shape index (κ3) is 5.32. The number of hydrogen-bond acceptors (Lipinski definition) is 1. The van der Waals surface area contributed by atoms with Gasteiger partial charge in [-0.25, -0.2) is 8.78 Å². The first kappa shape index (κ1) is 16.1. The zero-order valence-corrected chi connectivity index (χ0v) is 9.42. The minimum absolute atomic E-state index is 0. The largest absolute Gasteiger partial charge is 0.389 e. The molecule has 0 saturated carbocycles. The minimum Gasteiger partial charge on any atom is -0.324 e. The van der Waals surface area contributed by atoms with E-state index in [1.165, 1.54) is 0 Å². The lowest BCUT2D eigenvalue weighted by Gasteiger charge is -2.14. The van der Waals surface area contributed by atoms with Crippen LogP contribution in [0.15, 0.2) is 18.2 Å². The lowest BCUT2D eigenvalue weighted by atomic mass is 10.0. The lowest BCUT2D eigenvalue weighted by Crippen LogP contribution is -2.17. The Kier molecular flexibility index (Phi) is 5.84. The second kappa shape index (κ2) is 6.16. The van der Waals surface area contributed by atoms with E-state index in [9.17, 15) is 22.0 Å². The highest BCUT2D eigenvalue weighted by Gasteiger charge is 2.28. The number of halogens is 6. The van der Waals surface area contributed by atoms with Gasteiger partial charge in [-0.1, -0.05) is 0 Å². The molecule has 17 heavy (non-hydrogen) atoms. The molecule has 0 saturated heterocycles. The van der Waals surface area contributed by atoms with Gasteiger partial charge in [0.05, 0.1) is 0 Å². The fourth-order valence-electron chi connectivity index (χ4n) is 1.27. The van der Waals surface area contributed by atoms with Crippen molar-refractivity contribution in [3.8, 4) is 0 Å². The Morgan fingerprint density at radius 1 is 1.18 bits per heavy atom. The number of nitrogens with two attached hydrogens (primary N) is 1. The van der Waals surface area contributed by atoms with Gasteiger partial charge >= 0.3 is 6.18 Å². The Bertz CT molecular complexity index is 366. The van der Waals surface area contributed by atoms with Crippen LogP contribution in [0.5, 0.6) is 0 Å². The molecule has 1 aromatic carbocycles. The molecule has 0 amide bonds. The SMILES string of the molecule is Cl.N[C@H](CCC(F)(F)F)c1cc(F)ccc1F. The van der Waals surface area contributed by atoms with E-state index in [2.05, 4.69) is 0 Å². The van der Waals surface area contributed by atoms with Crippen LogP contribution >= 0.6 is 12.4 Å². The van der Waals surface area contributed by atoms with E-state index in [4.69, 9.17) is 5.73 Å². The van der Waals surface area contributed by atoms with Crippen LogP contribution in [0.3, 0.4) is 0 Å². The number of alkyl halides is 3.